The molecule has 8 heteroatoms. The van der Waals surface area contributed by atoms with Crippen LogP contribution in [0.5, 0.6) is 11.5 Å². The highest BCUT2D eigenvalue weighted by Gasteiger charge is 2.35. The summed E-state index contributed by atoms with van der Waals surface area (Å²) in [7, 11) is 0. The zero-order chi connectivity index (χ0) is 36.5. The third kappa shape index (κ3) is 11.5. The van der Waals surface area contributed by atoms with E-state index < -0.39 is 24.0 Å². The lowest BCUT2D eigenvalue weighted by Crippen LogP contribution is -2.34. The van der Waals surface area contributed by atoms with Gasteiger partial charge in [0, 0.05) is 29.2 Å². The van der Waals surface area contributed by atoms with E-state index in [2.05, 4.69) is 56.5 Å². The van der Waals surface area contributed by atoms with Crippen molar-refractivity contribution in [3.05, 3.63) is 137 Å². The minimum Gasteiger partial charge on any atom is -0.507 e. The molecule has 1 aliphatic heterocycles. The number of hydrogen-bond donors (Lipinski definition) is 3. The van der Waals surface area contributed by atoms with Crippen LogP contribution in [0.15, 0.2) is 92.0 Å². The summed E-state index contributed by atoms with van der Waals surface area (Å²) in [6, 6.07) is 24.5. The zero-order valence-electron chi connectivity index (χ0n) is 29.3. The van der Waals surface area contributed by atoms with Crippen molar-refractivity contribution in [3.8, 4) is 11.5 Å². The Balaban J connectivity index is 0.00000248. The van der Waals surface area contributed by atoms with Crippen molar-refractivity contribution >= 4 is 29.4 Å². The number of aryl methyl sites for hydroxylation is 1. The van der Waals surface area contributed by atoms with Crippen LogP contribution < -0.4 is 10.5 Å². The van der Waals surface area contributed by atoms with E-state index in [0.717, 1.165) is 23.1 Å². The number of hydrogen-bond acceptors (Lipinski definition) is 8. The van der Waals surface area contributed by atoms with Crippen molar-refractivity contribution in [2.45, 2.75) is 107 Å². The Morgan fingerprint density at radius 2 is 1.44 bits per heavy atom. The molecule has 1 fully saturated rings. The lowest BCUT2D eigenvalue weighted by atomic mass is 9.82. The summed E-state index contributed by atoms with van der Waals surface area (Å²) in [6.45, 7) is 10.3. The molecule has 0 spiro atoms. The van der Waals surface area contributed by atoms with E-state index >= 15 is 0 Å². The van der Waals surface area contributed by atoms with E-state index in [1.807, 2.05) is 31.2 Å². The average molecular weight is 754 g/mol. The van der Waals surface area contributed by atoms with Crippen LogP contribution in [0.3, 0.4) is 0 Å². The molecule has 4 unspecified atom stereocenters. The first-order chi connectivity index (χ1) is 24.7. The monoisotopic (exact) mass is 753 g/mol. The number of aromatic hydroxyl groups is 1. The number of benzene rings is 4. The van der Waals surface area contributed by atoms with Crippen LogP contribution in [0, 0.1) is 0 Å². The molecule has 298 valence electrons. The second kappa shape index (κ2) is 22.4. The lowest BCUT2D eigenvalue weighted by molar-refractivity contribution is -0.248. The van der Waals surface area contributed by atoms with Gasteiger partial charge in [-0.25, -0.2) is 0 Å². The molecule has 4 N–H and O–H groups in total. The molecular formula is C47H63NO7. The van der Waals surface area contributed by atoms with Crippen molar-refractivity contribution in [1.82, 2.24) is 0 Å². The first-order valence-corrected chi connectivity index (χ1v) is 17.5. The number of aliphatic hydroxyl groups excluding tert-OH is 1. The number of fused-ring (bicyclic) bond motifs is 2. The van der Waals surface area contributed by atoms with Gasteiger partial charge < -0.3 is 30.2 Å². The van der Waals surface area contributed by atoms with E-state index in [-0.39, 0.29) is 94.4 Å². The molecule has 1 aliphatic carbocycles. The summed E-state index contributed by atoms with van der Waals surface area (Å²) in [6.07, 6.45) is 7.40. The van der Waals surface area contributed by atoms with Crippen LogP contribution in [0.2, 0.25) is 0 Å². The maximum Gasteiger partial charge on any atom is 0.198 e. The fourth-order valence-electron chi connectivity index (χ4n) is 6.46. The zero-order valence-corrected chi connectivity index (χ0v) is 29.3. The third-order valence-electron chi connectivity index (χ3n) is 9.17. The summed E-state index contributed by atoms with van der Waals surface area (Å²) in [5.74, 6) is -1.20. The fourth-order valence-corrected chi connectivity index (χ4v) is 6.46. The largest absolute Gasteiger partial charge is 0.507 e. The van der Waals surface area contributed by atoms with Gasteiger partial charge in [-0.1, -0.05) is 128 Å². The van der Waals surface area contributed by atoms with E-state index in [0.29, 0.717) is 12.8 Å². The molecule has 55 heavy (non-hydrogen) atoms. The molecule has 4 aromatic carbocycles. The summed E-state index contributed by atoms with van der Waals surface area (Å²) in [5, 5.41) is 21.6. The maximum absolute atomic E-state index is 13.2. The molecule has 0 aromatic heterocycles. The van der Waals surface area contributed by atoms with Crippen LogP contribution >= 0.6 is 0 Å². The molecule has 4 atom stereocenters. The van der Waals surface area contributed by atoms with Crippen LogP contribution in [0.4, 0.5) is 5.69 Å². The number of carbonyl (C=O) groups is 2. The average Bonchev–Trinajstić information content (AvgIpc) is 3.14. The van der Waals surface area contributed by atoms with Gasteiger partial charge in [0.15, 0.2) is 17.9 Å². The fraction of sp³-hybridized carbons (Fsp3) is 0.362. The van der Waals surface area contributed by atoms with Gasteiger partial charge in [0.25, 0.3) is 0 Å². The molecule has 0 radical (unpaired) electrons. The molecule has 4 aromatic rings. The normalized spacial score (nSPS) is 17.4. The van der Waals surface area contributed by atoms with E-state index in [4.69, 9.17) is 19.9 Å². The SMILES string of the molecule is C.C.C.C.C=C.CCCCc1ccc(/C=C/c2ccc(C3OC(C)CC(CC(O)CCOc4cc(O)c5c(c4N)C(=O)c4ccccc4C5=O)O3)cc2)cc1. The van der Waals surface area contributed by atoms with Gasteiger partial charge in [-0.05, 0) is 49.3 Å². The molecule has 0 saturated carbocycles. The molecule has 8 nitrogen and oxygen atoms in total. The number of aliphatic hydroxyl groups is 1. The van der Waals surface area contributed by atoms with Crippen LogP contribution in [-0.4, -0.2) is 46.7 Å². The second-order valence-electron chi connectivity index (χ2n) is 12.9. The van der Waals surface area contributed by atoms with E-state index in [1.54, 1.807) is 24.3 Å². The number of phenolic OH excluding ortho intramolecular Hbond substituents is 1. The summed E-state index contributed by atoms with van der Waals surface area (Å²) in [4.78, 5) is 26.2. The van der Waals surface area contributed by atoms with Crippen LogP contribution in [-0.2, 0) is 15.9 Å². The van der Waals surface area contributed by atoms with Crippen molar-refractivity contribution in [1.29, 1.82) is 0 Å². The number of nitrogens with two attached hydrogens (primary N) is 1. The highest BCUT2D eigenvalue weighted by molar-refractivity contribution is 6.31. The number of rotatable bonds is 12. The molecule has 6 rings (SSSR count). The van der Waals surface area contributed by atoms with Crippen molar-refractivity contribution < 1.29 is 34.0 Å². The standard InChI is InChI=1S/C41H43NO7.C2H4.4CH4/c1-3-4-7-26-10-12-27(13-11-26)14-15-28-16-18-29(19-17-28)41-48-25(2)22-31(49-41)23-30(43)20-21-47-35-24-34(44)36-37(38(35)42)40(46)33-9-6-5-8-32(33)39(36)45;1-2;;;;/h5-6,8-19,24-25,30-31,41,43-44H,3-4,7,20-23,42H2,1-2H3;1-2H2;4*1H4/b15-14+;;;;;. The number of unbranched alkanes of at least 4 members (excludes halogenated alkanes) is 1. The number of phenols is 1. The van der Waals surface area contributed by atoms with E-state index in [9.17, 15) is 19.8 Å². The maximum atomic E-state index is 13.2. The van der Waals surface area contributed by atoms with Gasteiger partial charge in [0.05, 0.1) is 41.7 Å². The first kappa shape index (κ1) is 48.0. The highest BCUT2D eigenvalue weighted by Crippen LogP contribution is 2.41. The molecule has 0 amide bonds. The van der Waals surface area contributed by atoms with Gasteiger partial charge in [-0.15, -0.1) is 13.2 Å². The Hall–Kier alpha value is -5.02. The topological polar surface area (TPSA) is 128 Å². The van der Waals surface area contributed by atoms with Gasteiger partial charge in [0.1, 0.15) is 11.5 Å². The number of carbonyl (C=O) groups excluding carboxylic acids is 2. The van der Waals surface area contributed by atoms with Gasteiger partial charge in [-0.2, -0.15) is 0 Å². The Labute approximate surface area is 329 Å². The predicted octanol–water partition coefficient (Wildman–Crippen LogP) is 11.0. The minimum absolute atomic E-state index is 0. The molecule has 1 saturated heterocycles. The molecule has 0 bridgehead atoms. The third-order valence-corrected chi connectivity index (χ3v) is 9.17. The summed E-state index contributed by atoms with van der Waals surface area (Å²) < 4.78 is 18.2. The number of ether oxygens (including phenoxy) is 3. The van der Waals surface area contributed by atoms with Gasteiger partial charge in [0.2, 0.25) is 0 Å². The van der Waals surface area contributed by atoms with E-state index in [1.165, 1.54) is 24.5 Å². The lowest BCUT2D eigenvalue weighted by Gasteiger charge is -2.35. The molecule has 2 aliphatic rings. The Kier molecular flexibility index (Phi) is 19.5. The Morgan fingerprint density at radius 1 is 0.873 bits per heavy atom. The van der Waals surface area contributed by atoms with Gasteiger partial charge >= 0.3 is 0 Å². The van der Waals surface area contributed by atoms with Crippen molar-refractivity contribution in [3.63, 3.8) is 0 Å². The quantitative estimate of drug-likeness (QED) is 0.0497. The van der Waals surface area contributed by atoms with Crippen molar-refractivity contribution in [2.24, 2.45) is 0 Å². The highest BCUT2D eigenvalue weighted by atomic mass is 16.7. The van der Waals surface area contributed by atoms with Crippen LogP contribution in [0.25, 0.3) is 12.2 Å². The van der Waals surface area contributed by atoms with Crippen LogP contribution in [0.1, 0.15) is 136 Å². The van der Waals surface area contributed by atoms with Crippen molar-refractivity contribution in [2.75, 3.05) is 12.3 Å². The predicted molar refractivity (Wildman–Crippen MR) is 228 cm³/mol. The minimum atomic E-state index is -0.744. The first-order valence-electron chi connectivity index (χ1n) is 17.5. The summed E-state index contributed by atoms with van der Waals surface area (Å²) >= 11 is 0. The Morgan fingerprint density at radius 3 is 2.02 bits per heavy atom. The summed E-state index contributed by atoms with van der Waals surface area (Å²) in [5.41, 5.74) is 11.1. The molecular weight excluding hydrogens is 691 g/mol. The smallest absolute Gasteiger partial charge is 0.198 e. The number of nitrogen functional groups attached to an aromatic ring is 1. The van der Waals surface area contributed by atoms with Gasteiger partial charge in [-0.3, -0.25) is 9.59 Å². The second-order valence-corrected chi connectivity index (χ2v) is 12.9. The number of ketones is 2. The Bertz CT molecular complexity index is 1850. The molecule has 1 heterocycles. The number of anilines is 1.